The van der Waals surface area contributed by atoms with Crippen molar-refractivity contribution in [2.45, 2.75) is 88.3 Å². The van der Waals surface area contributed by atoms with Gasteiger partial charge in [0.1, 0.15) is 0 Å². The van der Waals surface area contributed by atoms with Crippen LogP contribution in [-0.2, 0) is 9.47 Å². The summed E-state index contributed by atoms with van der Waals surface area (Å²) in [5.74, 6) is 5.84. The number of nitrogens with zero attached hydrogens (tertiary/aromatic N) is 1. The molecule has 0 atom stereocenters. The van der Waals surface area contributed by atoms with Crippen molar-refractivity contribution in [3.05, 3.63) is 0 Å². The molecule has 8 aliphatic rings. The Hall–Kier alpha value is -0.120. The van der Waals surface area contributed by atoms with Gasteiger partial charge >= 0.3 is 0 Å². The fraction of sp³-hybridized carbons (Fsp3) is 1.00. The van der Waals surface area contributed by atoms with Gasteiger partial charge in [-0.1, -0.05) is 0 Å². The lowest BCUT2D eigenvalue weighted by Crippen LogP contribution is -2.52. The quantitative estimate of drug-likeness (QED) is 0.585. The maximum atomic E-state index is 6.49. The highest BCUT2D eigenvalue weighted by atomic mass is 16.5. The smallest absolute Gasteiger partial charge is 0.0691 e. The lowest BCUT2D eigenvalue weighted by Gasteiger charge is -2.56. The fourth-order valence-electron chi connectivity index (χ4n) is 9.18. The molecule has 151 valence electrons. The van der Waals surface area contributed by atoms with Gasteiger partial charge in [0.15, 0.2) is 0 Å². The topological polar surface area (TPSA) is 32.6 Å². The Balaban J connectivity index is 0.907. The highest BCUT2D eigenvalue weighted by Crippen LogP contribution is 2.58. The lowest BCUT2D eigenvalue weighted by atomic mass is 9.54. The number of hydrogen-bond acceptors (Lipinski definition) is 2. The minimum atomic E-state index is 0.250. The molecule has 0 unspecified atom stereocenters. The molecule has 8 saturated carbocycles. The van der Waals surface area contributed by atoms with E-state index in [9.17, 15) is 0 Å². The van der Waals surface area contributed by atoms with E-state index in [0.717, 1.165) is 61.8 Å². The van der Waals surface area contributed by atoms with Crippen LogP contribution in [0.3, 0.4) is 0 Å². The largest absolute Gasteiger partial charge is 0.374 e. The number of hydrogen-bond donors (Lipinski definition) is 0. The van der Waals surface area contributed by atoms with Crippen molar-refractivity contribution < 1.29 is 9.47 Å². The van der Waals surface area contributed by atoms with Gasteiger partial charge in [0.25, 0.3) is 0 Å². The van der Waals surface area contributed by atoms with Gasteiger partial charge in [-0.25, -0.2) is 5.32 Å². The first-order valence-electron chi connectivity index (χ1n) is 12.1. The molecule has 0 amide bonds. The number of rotatable bonds is 8. The van der Waals surface area contributed by atoms with E-state index in [1.54, 1.807) is 0 Å². The molecular formula is C24H38NO2. The zero-order valence-electron chi connectivity index (χ0n) is 17.0. The predicted octanol–water partition coefficient (Wildman–Crippen LogP) is 4.56. The summed E-state index contributed by atoms with van der Waals surface area (Å²) in [5, 5.41) is 4.76. The average Bonchev–Trinajstić information content (AvgIpc) is 2.58. The Bertz CT molecular complexity index is 440. The molecule has 8 fully saturated rings. The van der Waals surface area contributed by atoms with Crippen molar-refractivity contribution in [2.75, 3.05) is 26.3 Å². The maximum Gasteiger partial charge on any atom is 0.0691 e. The molecule has 0 aromatic carbocycles. The normalized spacial score (nSPS) is 52.0. The SMILES string of the molecule is C(COC12CC3CC(CC(C3)C1)C2)[N]CCOC12CC3CC(CC(C3)C1)C2. The maximum absolute atomic E-state index is 6.49. The lowest BCUT2D eigenvalue weighted by molar-refractivity contribution is -0.164. The first kappa shape index (κ1) is 17.7. The predicted molar refractivity (Wildman–Crippen MR) is 106 cm³/mol. The van der Waals surface area contributed by atoms with E-state index in [4.69, 9.17) is 14.8 Å². The van der Waals surface area contributed by atoms with Crippen molar-refractivity contribution in [2.24, 2.45) is 35.5 Å². The Morgan fingerprint density at radius 2 is 0.815 bits per heavy atom. The van der Waals surface area contributed by atoms with Crippen LogP contribution in [0.15, 0.2) is 0 Å². The summed E-state index contributed by atoms with van der Waals surface area (Å²) in [6.07, 6.45) is 17.0. The van der Waals surface area contributed by atoms with Crippen molar-refractivity contribution >= 4 is 0 Å². The molecule has 0 aromatic heterocycles. The van der Waals surface area contributed by atoms with E-state index in [2.05, 4.69) is 0 Å². The first-order chi connectivity index (χ1) is 13.2. The minimum absolute atomic E-state index is 0.250. The molecule has 27 heavy (non-hydrogen) atoms. The summed E-state index contributed by atoms with van der Waals surface area (Å²) in [6.45, 7) is 3.41. The third-order valence-corrected chi connectivity index (χ3v) is 9.28. The van der Waals surface area contributed by atoms with Gasteiger partial charge in [-0.3, -0.25) is 0 Å². The molecule has 8 bridgehead atoms. The van der Waals surface area contributed by atoms with Crippen molar-refractivity contribution in [1.29, 1.82) is 0 Å². The third-order valence-electron chi connectivity index (χ3n) is 9.28. The molecule has 0 saturated heterocycles. The van der Waals surface area contributed by atoms with Gasteiger partial charge in [0, 0.05) is 13.1 Å². The zero-order valence-corrected chi connectivity index (χ0v) is 17.0. The van der Waals surface area contributed by atoms with Crippen LogP contribution in [0.1, 0.15) is 77.0 Å². The molecule has 0 aliphatic heterocycles. The van der Waals surface area contributed by atoms with Gasteiger partial charge in [-0.15, -0.1) is 0 Å². The molecule has 1 radical (unpaired) electrons. The van der Waals surface area contributed by atoms with Crippen LogP contribution in [0, 0.1) is 35.5 Å². The summed E-state index contributed by atoms with van der Waals surface area (Å²) in [7, 11) is 0. The fourth-order valence-corrected chi connectivity index (χ4v) is 9.18. The Morgan fingerprint density at radius 3 is 1.11 bits per heavy atom. The molecule has 3 nitrogen and oxygen atoms in total. The minimum Gasteiger partial charge on any atom is -0.374 e. The summed E-state index contributed by atoms with van der Waals surface area (Å²) < 4.78 is 13.0. The zero-order chi connectivity index (χ0) is 17.9. The van der Waals surface area contributed by atoms with E-state index in [0.29, 0.717) is 0 Å². The van der Waals surface area contributed by atoms with Gasteiger partial charge in [0.05, 0.1) is 24.4 Å². The summed E-state index contributed by atoms with van der Waals surface area (Å²) in [4.78, 5) is 0. The van der Waals surface area contributed by atoms with Gasteiger partial charge < -0.3 is 9.47 Å². The summed E-state index contributed by atoms with van der Waals surface area (Å²) in [5.41, 5.74) is 0.500. The van der Waals surface area contributed by atoms with Crippen molar-refractivity contribution in [3.8, 4) is 0 Å². The van der Waals surface area contributed by atoms with E-state index in [-0.39, 0.29) is 11.2 Å². The molecule has 8 rings (SSSR count). The van der Waals surface area contributed by atoms with Gasteiger partial charge in [-0.2, -0.15) is 0 Å². The number of ether oxygens (including phenoxy) is 2. The van der Waals surface area contributed by atoms with Crippen LogP contribution in [0.5, 0.6) is 0 Å². The van der Waals surface area contributed by atoms with Crippen LogP contribution in [0.4, 0.5) is 0 Å². The Kier molecular flexibility index (Phi) is 4.40. The van der Waals surface area contributed by atoms with E-state index in [1.807, 2.05) is 0 Å². The molecule has 8 aliphatic carbocycles. The second-order valence-electron chi connectivity index (χ2n) is 11.6. The summed E-state index contributed by atoms with van der Waals surface area (Å²) >= 11 is 0. The van der Waals surface area contributed by atoms with Crippen molar-refractivity contribution in [3.63, 3.8) is 0 Å². The van der Waals surface area contributed by atoms with E-state index in [1.165, 1.54) is 77.0 Å². The van der Waals surface area contributed by atoms with Crippen LogP contribution in [0.25, 0.3) is 0 Å². The standard InChI is InChI=1S/C24H38NO2/c1(3-26-23-11-17-5-18(12-23)7-19(6-17)13-23)25-2-4-27-24-14-20-8-21(15-24)10-22(9-20)16-24/h17-22H,1-16H2. The van der Waals surface area contributed by atoms with Crippen molar-refractivity contribution in [1.82, 2.24) is 5.32 Å². The van der Waals surface area contributed by atoms with E-state index < -0.39 is 0 Å². The van der Waals surface area contributed by atoms with Crippen LogP contribution in [0.2, 0.25) is 0 Å². The van der Waals surface area contributed by atoms with Crippen LogP contribution < -0.4 is 5.32 Å². The summed E-state index contributed by atoms with van der Waals surface area (Å²) in [6, 6.07) is 0. The highest BCUT2D eigenvalue weighted by molar-refractivity contribution is 5.04. The average molecular weight is 373 g/mol. The third kappa shape index (κ3) is 3.40. The van der Waals surface area contributed by atoms with Crippen LogP contribution >= 0.6 is 0 Å². The van der Waals surface area contributed by atoms with E-state index >= 15 is 0 Å². The van der Waals surface area contributed by atoms with Gasteiger partial charge in [0.2, 0.25) is 0 Å². The van der Waals surface area contributed by atoms with Crippen LogP contribution in [-0.4, -0.2) is 37.5 Å². The molecular weight excluding hydrogens is 334 g/mol. The molecule has 0 N–H and O–H groups in total. The molecule has 3 heteroatoms. The Morgan fingerprint density at radius 1 is 0.519 bits per heavy atom. The first-order valence-corrected chi connectivity index (χ1v) is 12.1. The second-order valence-corrected chi connectivity index (χ2v) is 11.6. The van der Waals surface area contributed by atoms with Gasteiger partial charge in [-0.05, 0) is 113 Å². The molecule has 0 aromatic rings. The second kappa shape index (κ2) is 6.71. The molecule has 0 heterocycles. The monoisotopic (exact) mass is 372 g/mol. The highest BCUT2D eigenvalue weighted by Gasteiger charge is 2.52. The Labute approximate surface area is 165 Å². The molecule has 0 spiro atoms.